The smallest absolute Gasteiger partial charge is 0.212 e. The molecule has 2 N–H and O–H groups in total. The highest BCUT2D eigenvalue weighted by atomic mass is 32.2. The molecule has 0 aliphatic carbocycles. The van der Waals surface area contributed by atoms with Gasteiger partial charge < -0.3 is 9.73 Å². The fourth-order valence-corrected chi connectivity index (χ4v) is 3.99. The first-order valence-electron chi connectivity index (χ1n) is 6.59. The molecule has 1 aromatic rings. The first-order chi connectivity index (χ1) is 8.96. The molecule has 0 bridgehead atoms. The summed E-state index contributed by atoms with van der Waals surface area (Å²) in [7, 11) is -3.30. The third-order valence-corrected chi connectivity index (χ3v) is 4.90. The summed E-state index contributed by atoms with van der Waals surface area (Å²) in [4.78, 5) is 4.04. The standard InChI is InChI=1S/C12H21N3O3S/c1-9-7-14-12(18-9)10(2)15-19(16,17)8-11-3-5-13-6-4-11/h7,10-11,13,15H,3-6,8H2,1-2H3. The van der Waals surface area contributed by atoms with Gasteiger partial charge in [-0.15, -0.1) is 0 Å². The molecule has 1 atom stereocenters. The van der Waals surface area contributed by atoms with Crippen LogP contribution < -0.4 is 10.0 Å². The normalized spacial score (nSPS) is 19.5. The fourth-order valence-electron chi connectivity index (χ4n) is 2.30. The second-order valence-corrected chi connectivity index (χ2v) is 6.92. The number of oxazole rings is 1. The molecule has 1 saturated heterocycles. The summed E-state index contributed by atoms with van der Waals surface area (Å²) in [6, 6.07) is -0.430. The average Bonchev–Trinajstić information content (AvgIpc) is 2.76. The summed E-state index contributed by atoms with van der Waals surface area (Å²) in [5.74, 6) is 1.50. The summed E-state index contributed by atoms with van der Waals surface area (Å²) in [5, 5.41) is 3.23. The molecule has 1 fully saturated rings. The van der Waals surface area contributed by atoms with E-state index in [1.165, 1.54) is 0 Å². The van der Waals surface area contributed by atoms with Crippen molar-refractivity contribution in [3.8, 4) is 0 Å². The van der Waals surface area contributed by atoms with Crippen molar-refractivity contribution < 1.29 is 12.8 Å². The van der Waals surface area contributed by atoms with Gasteiger partial charge in [0.15, 0.2) is 0 Å². The van der Waals surface area contributed by atoms with Gasteiger partial charge in [-0.3, -0.25) is 0 Å². The van der Waals surface area contributed by atoms with Crippen LogP contribution >= 0.6 is 0 Å². The van der Waals surface area contributed by atoms with E-state index in [0.29, 0.717) is 11.7 Å². The average molecular weight is 287 g/mol. The van der Waals surface area contributed by atoms with Crippen LogP contribution in [0.5, 0.6) is 0 Å². The highest BCUT2D eigenvalue weighted by Crippen LogP contribution is 2.17. The van der Waals surface area contributed by atoms with Gasteiger partial charge in [0.05, 0.1) is 18.0 Å². The van der Waals surface area contributed by atoms with E-state index in [1.54, 1.807) is 20.0 Å². The predicted octanol–water partition coefficient (Wildman–Crippen LogP) is 0.963. The van der Waals surface area contributed by atoms with E-state index < -0.39 is 16.1 Å². The number of aromatic nitrogens is 1. The maximum atomic E-state index is 12.1. The lowest BCUT2D eigenvalue weighted by Crippen LogP contribution is -2.36. The fraction of sp³-hybridized carbons (Fsp3) is 0.750. The van der Waals surface area contributed by atoms with Crippen molar-refractivity contribution in [1.82, 2.24) is 15.0 Å². The molecule has 2 heterocycles. The Morgan fingerprint density at radius 1 is 1.53 bits per heavy atom. The molecule has 1 aliphatic heterocycles. The van der Waals surface area contributed by atoms with E-state index in [4.69, 9.17) is 4.42 Å². The van der Waals surface area contributed by atoms with Crippen LogP contribution in [0.3, 0.4) is 0 Å². The number of nitrogens with zero attached hydrogens (tertiary/aromatic N) is 1. The van der Waals surface area contributed by atoms with E-state index >= 15 is 0 Å². The summed E-state index contributed by atoms with van der Waals surface area (Å²) in [5.41, 5.74) is 0. The lowest BCUT2D eigenvalue weighted by atomic mass is 10.0. The zero-order valence-electron chi connectivity index (χ0n) is 11.3. The maximum absolute atomic E-state index is 12.1. The summed E-state index contributed by atoms with van der Waals surface area (Å²) in [6.45, 7) is 5.32. The number of hydrogen-bond acceptors (Lipinski definition) is 5. The second-order valence-electron chi connectivity index (χ2n) is 5.12. The van der Waals surface area contributed by atoms with Crippen molar-refractivity contribution in [1.29, 1.82) is 0 Å². The Morgan fingerprint density at radius 2 is 2.21 bits per heavy atom. The molecule has 0 radical (unpaired) electrons. The zero-order chi connectivity index (χ0) is 13.9. The van der Waals surface area contributed by atoms with Crippen molar-refractivity contribution in [2.24, 2.45) is 5.92 Å². The van der Waals surface area contributed by atoms with E-state index in [1.807, 2.05) is 0 Å². The Labute approximate surface area is 114 Å². The van der Waals surface area contributed by atoms with Crippen LogP contribution in [0, 0.1) is 12.8 Å². The van der Waals surface area contributed by atoms with E-state index in [0.717, 1.165) is 25.9 Å². The summed E-state index contributed by atoms with van der Waals surface area (Å²) < 4.78 is 32.1. The van der Waals surface area contributed by atoms with Crippen molar-refractivity contribution in [3.05, 3.63) is 17.8 Å². The van der Waals surface area contributed by atoms with Gasteiger partial charge in [-0.1, -0.05) is 0 Å². The van der Waals surface area contributed by atoms with Gasteiger partial charge in [0.25, 0.3) is 0 Å². The maximum Gasteiger partial charge on any atom is 0.212 e. The lowest BCUT2D eigenvalue weighted by Gasteiger charge is -2.23. The molecule has 1 aromatic heterocycles. The summed E-state index contributed by atoms with van der Waals surface area (Å²) in [6.07, 6.45) is 3.41. The van der Waals surface area contributed by atoms with Gasteiger partial charge in [-0.05, 0) is 45.7 Å². The first-order valence-corrected chi connectivity index (χ1v) is 8.24. The Balaban J connectivity index is 1.92. The van der Waals surface area contributed by atoms with Gasteiger partial charge in [0, 0.05) is 0 Å². The number of rotatable bonds is 5. The third-order valence-electron chi connectivity index (χ3n) is 3.28. The molecular weight excluding hydrogens is 266 g/mol. The Morgan fingerprint density at radius 3 is 2.79 bits per heavy atom. The molecule has 7 heteroatoms. The summed E-state index contributed by atoms with van der Waals surface area (Å²) >= 11 is 0. The van der Waals surface area contributed by atoms with Crippen molar-refractivity contribution >= 4 is 10.0 Å². The van der Waals surface area contributed by atoms with Crippen LogP contribution in [0.1, 0.15) is 37.5 Å². The molecule has 0 amide bonds. The highest BCUT2D eigenvalue weighted by Gasteiger charge is 2.24. The third kappa shape index (κ3) is 4.29. The largest absolute Gasteiger partial charge is 0.444 e. The van der Waals surface area contributed by atoms with Gasteiger partial charge in [0.1, 0.15) is 5.76 Å². The number of hydrogen-bond donors (Lipinski definition) is 2. The Kier molecular flexibility index (Phi) is 4.59. The number of piperidine rings is 1. The lowest BCUT2D eigenvalue weighted by molar-refractivity contribution is 0.395. The highest BCUT2D eigenvalue weighted by molar-refractivity contribution is 7.89. The molecule has 0 aromatic carbocycles. The van der Waals surface area contributed by atoms with E-state index in [-0.39, 0.29) is 11.7 Å². The molecule has 0 saturated carbocycles. The minimum Gasteiger partial charge on any atom is -0.444 e. The van der Waals surface area contributed by atoms with Gasteiger partial charge >= 0.3 is 0 Å². The van der Waals surface area contributed by atoms with Crippen LogP contribution in [0.15, 0.2) is 10.6 Å². The quantitative estimate of drug-likeness (QED) is 0.843. The minimum absolute atomic E-state index is 0.179. The van der Waals surface area contributed by atoms with Gasteiger partial charge in [-0.25, -0.2) is 18.1 Å². The molecule has 0 spiro atoms. The molecular formula is C12H21N3O3S. The van der Waals surface area contributed by atoms with E-state index in [2.05, 4.69) is 15.0 Å². The minimum atomic E-state index is -3.30. The van der Waals surface area contributed by atoms with E-state index in [9.17, 15) is 8.42 Å². The molecule has 19 heavy (non-hydrogen) atoms. The van der Waals surface area contributed by atoms with Crippen LogP contribution in [0.4, 0.5) is 0 Å². The van der Waals surface area contributed by atoms with Crippen LogP contribution in [-0.4, -0.2) is 32.2 Å². The van der Waals surface area contributed by atoms with Gasteiger partial charge in [-0.2, -0.15) is 0 Å². The number of sulfonamides is 1. The monoisotopic (exact) mass is 287 g/mol. The molecule has 1 unspecified atom stereocenters. The van der Waals surface area contributed by atoms with Crippen molar-refractivity contribution in [2.45, 2.75) is 32.7 Å². The van der Waals surface area contributed by atoms with Crippen LogP contribution in [-0.2, 0) is 10.0 Å². The van der Waals surface area contributed by atoms with Crippen molar-refractivity contribution in [3.63, 3.8) is 0 Å². The number of aryl methyl sites for hydroxylation is 1. The topological polar surface area (TPSA) is 84.2 Å². The molecule has 1 aliphatic rings. The zero-order valence-corrected chi connectivity index (χ0v) is 12.2. The Bertz CT molecular complexity index is 506. The molecule has 108 valence electrons. The van der Waals surface area contributed by atoms with Crippen LogP contribution in [0.2, 0.25) is 0 Å². The second kappa shape index (κ2) is 6.02. The predicted molar refractivity (Wildman–Crippen MR) is 72.2 cm³/mol. The number of nitrogens with one attached hydrogen (secondary N) is 2. The van der Waals surface area contributed by atoms with Crippen LogP contribution in [0.25, 0.3) is 0 Å². The molecule has 2 rings (SSSR count). The Hall–Kier alpha value is -0.920. The SMILES string of the molecule is Cc1cnc(C(C)NS(=O)(=O)CC2CCNCC2)o1. The molecule has 6 nitrogen and oxygen atoms in total. The van der Waals surface area contributed by atoms with Gasteiger partial charge in [0.2, 0.25) is 15.9 Å². The van der Waals surface area contributed by atoms with Crippen molar-refractivity contribution in [2.75, 3.05) is 18.8 Å². The first kappa shape index (κ1) is 14.5.